The van der Waals surface area contributed by atoms with Crippen molar-refractivity contribution >= 4 is 38.3 Å². The Hall–Kier alpha value is -1.62. The average molecular weight is 318 g/mol. The van der Waals surface area contributed by atoms with Gasteiger partial charge in [-0.05, 0) is 42.7 Å². The summed E-state index contributed by atoms with van der Waals surface area (Å²) in [7, 11) is 0. The molecule has 1 aromatic heterocycles. The molecule has 108 valence electrons. The van der Waals surface area contributed by atoms with Crippen molar-refractivity contribution < 1.29 is 0 Å². The highest BCUT2D eigenvalue weighted by atomic mass is 35.5. The van der Waals surface area contributed by atoms with Crippen molar-refractivity contribution in [1.29, 1.82) is 0 Å². The summed E-state index contributed by atoms with van der Waals surface area (Å²) in [5, 5.41) is 1.64. The van der Waals surface area contributed by atoms with Crippen LogP contribution in [0.25, 0.3) is 10.2 Å². The van der Waals surface area contributed by atoms with Gasteiger partial charge in [0, 0.05) is 11.6 Å². The first kappa shape index (κ1) is 14.3. The van der Waals surface area contributed by atoms with E-state index in [1.54, 1.807) is 11.3 Å². The molecule has 0 aliphatic heterocycles. The predicted octanol–water partition coefficient (Wildman–Crippen LogP) is 4.68. The molecule has 0 bridgehead atoms. The van der Waals surface area contributed by atoms with E-state index in [-0.39, 0.29) is 0 Å². The lowest BCUT2D eigenvalue weighted by Gasteiger charge is -2.05. The van der Waals surface area contributed by atoms with Gasteiger partial charge >= 0.3 is 0 Å². The number of aryl methyl sites for hydroxylation is 2. The largest absolute Gasteiger partial charge is 0.297 e. The van der Waals surface area contributed by atoms with Gasteiger partial charge in [-0.3, -0.25) is 5.43 Å². The molecule has 3 aromatic rings. The van der Waals surface area contributed by atoms with Gasteiger partial charge in [-0.2, -0.15) is 0 Å². The number of nitrogens with zero attached hydrogens (tertiary/aromatic N) is 1. The number of thiazole rings is 1. The Bertz CT molecular complexity index is 726. The second kappa shape index (κ2) is 6.02. The minimum Gasteiger partial charge on any atom is -0.297 e. The molecule has 0 radical (unpaired) electrons. The fraction of sp³-hybridized carbons (Fsp3) is 0.188. The number of rotatable bonds is 4. The zero-order valence-electron chi connectivity index (χ0n) is 11.9. The smallest absolute Gasteiger partial charge is 0.198 e. The summed E-state index contributed by atoms with van der Waals surface area (Å²) in [6.07, 6.45) is 0. The van der Waals surface area contributed by atoms with E-state index in [0.29, 0.717) is 6.54 Å². The van der Waals surface area contributed by atoms with E-state index < -0.39 is 0 Å². The number of fused-ring (bicyclic) bond motifs is 1. The van der Waals surface area contributed by atoms with Gasteiger partial charge in [0.2, 0.25) is 0 Å². The molecule has 0 fully saturated rings. The quantitative estimate of drug-likeness (QED) is 0.686. The van der Waals surface area contributed by atoms with Crippen molar-refractivity contribution in [3.05, 3.63) is 58.1 Å². The summed E-state index contributed by atoms with van der Waals surface area (Å²) >= 11 is 7.54. The minimum absolute atomic E-state index is 0.713. The average Bonchev–Trinajstić information content (AvgIpc) is 2.91. The first-order valence-corrected chi connectivity index (χ1v) is 7.93. The molecule has 0 saturated heterocycles. The Labute approximate surface area is 132 Å². The van der Waals surface area contributed by atoms with Gasteiger partial charge in [0.15, 0.2) is 5.13 Å². The molecule has 0 atom stereocenters. The molecule has 0 aliphatic rings. The van der Waals surface area contributed by atoms with Crippen molar-refractivity contribution in [1.82, 2.24) is 10.4 Å². The SMILES string of the molecule is Cc1ccc(C)c2sc(NNCc3ccc(Cl)cc3)nc12. The Morgan fingerprint density at radius 3 is 2.48 bits per heavy atom. The zero-order valence-corrected chi connectivity index (χ0v) is 13.5. The first-order chi connectivity index (χ1) is 10.1. The van der Waals surface area contributed by atoms with Gasteiger partial charge in [-0.25, -0.2) is 10.4 Å². The molecule has 3 nitrogen and oxygen atoms in total. The van der Waals surface area contributed by atoms with Crippen molar-refractivity contribution in [2.75, 3.05) is 5.43 Å². The third-order valence-electron chi connectivity index (χ3n) is 3.34. The fourth-order valence-corrected chi connectivity index (χ4v) is 3.25. The molecule has 1 heterocycles. The lowest BCUT2D eigenvalue weighted by atomic mass is 10.1. The van der Waals surface area contributed by atoms with Crippen LogP contribution < -0.4 is 10.9 Å². The van der Waals surface area contributed by atoms with Crippen LogP contribution in [-0.4, -0.2) is 4.98 Å². The van der Waals surface area contributed by atoms with Crippen LogP contribution in [0.2, 0.25) is 5.02 Å². The van der Waals surface area contributed by atoms with Crippen molar-refractivity contribution in [3.63, 3.8) is 0 Å². The summed E-state index contributed by atoms with van der Waals surface area (Å²) in [5.74, 6) is 0. The van der Waals surface area contributed by atoms with Crippen LogP contribution in [-0.2, 0) is 6.54 Å². The van der Waals surface area contributed by atoms with Gasteiger partial charge in [-0.1, -0.05) is 47.2 Å². The van der Waals surface area contributed by atoms with E-state index >= 15 is 0 Å². The Morgan fingerprint density at radius 1 is 1.05 bits per heavy atom. The van der Waals surface area contributed by atoms with Gasteiger partial charge < -0.3 is 0 Å². The van der Waals surface area contributed by atoms with E-state index in [1.807, 2.05) is 24.3 Å². The normalized spacial score (nSPS) is 11.0. The third kappa shape index (κ3) is 3.18. The Balaban J connectivity index is 1.69. The molecule has 2 aromatic carbocycles. The topological polar surface area (TPSA) is 37.0 Å². The number of halogens is 1. The van der Waals surface area contributed by atoms with Crippen LogP contribution >= 0.6 is 22.9 Å². The molecule has 3 rings (SSSR count). The molecule has 5 heteroatoms. The van der Waals surface area contributed by atoms with Crippen LogP contribution in [0.3, 0.4) is 0 Å². The van der Waals surface area contributed by atoms with Crippen LogP contribution in [0.4, 0.5) is 5.13 Å². The van der Waals surface area contributed by atoms with E-state index in [9.17, 15) is 0 Å². The zero-order chi connectivity index (χ0) is 14.8. The fourth-order valence-electron chi connectivity index (χ4n) is 2.14. The van der Waals surface area contributed by atoms with Crippen LogP contribution in [0.1, 0.15) is 16.7 Å². The summed E-state index contributed by atoms with van der Waals surface area (Å²) in [6.45, 7) is 4.92. The molecule has 0 amide bonds. The van der Waals surface area contributed by atoms with Gasteiger partial charge in [0.25, 0.3) is 0 Å². The number of hydrogen-bond acceptors (Lipinski definition) is 4. The molecule has 0 saturated carbocycles. The van der Waals surface area contributed by atoms with E-state index in [2.05, 4.69) is 41.8 Å². The summed E-state index contributed by atoms with van der Waals surface area (Å²) in [5.41, 5.74) is 11.1. The number of hydrazine groups is 1. The summed E-state index contributed by atoms with van der Waals surface area (Å²) in [4.78, 5) is 4.64. The van der Waals surface area contributed by atoms with Crippen LogP contribution in [0.15, 0.2) is 36.4 Å². The summed E-state index contributed by atoms with van der Waals surface area (Å²) < 4.78 is 1.24. The molecule has 0 spiro atoms. The van der Waals surface area contributed by atoms with Crippen molar-refractivity contribution in [3.8, 4) is 0 Å². The second-order valence-corrected chi connectivity index (χ2v) is 6.44. The standard InChI is InChI=1S/C16H16ClN3S/c1-10-3-4-11(2)15-14(10)19-16(21-15)20-18-9-12-5-7-13(17)8-6-12/h3-8,18H,9H2,1-2H3,(H,19,20). The Kier molecular flexibility index (Phi) is 4.10. The maximum Gasteiger partial charge on any atom is 0.198 e. The van der Waals surface area contributed by atoms with Gasteiger partial charge in [-0.15, -0.1) is 0 Å². The summed E-state index contributed by atoms with van der Waals surface area (Å²) in [6, 6.07) is 12.0. The highest BCUT2D eigenvalue weighted by Crippen LogP contribution is 2.30. The van der Waals surface area contributed by atoms with Gasteiger partial charge in [0.1, 0.15) is 0 Å². The molecular formula is C16H16ClN3S. The van der Waals surface area contributed by atoms with Crippen LogP contribution in [0.5, 0.6) is 0 Å². The number of hydrogen-bond donors (Lipinski definition) is 2. The lowest BCUT2D eigenvalue weighted by Crippen LogP contribution is -2.20. The Morgan fingerprint density at radius 2 is 1.76 bits per heavy atom. The third-order valence-corrected chi connectivity index (χ3v) is 4.70. The monoisotopic (exact) mass is 317 g/mol. The molecule has 21 heavy (non-hydrogen) atoms. The number of aromatic nitrogens is 1. The molecular weight excluding hydrogens is 302 g/mol. The highest BCUT2D eigenvalue weighted by Gasteiger charge is 2.07. The lowest BCUT2D eigenvalue weighted by molar-refractivity contribution is 0.800. The maximum atomic E-state index is 5.87. The van der Waals surface area contributed by atoms with E-state index in [1.165, 1.54) is 21.4 Å². The number of benzene rings is 2. The molecule has 0 unspecified atom stereocenters. The molecule has 0 aliphatic carbocycles. The van der Waals surface area contributed by atoms with Crippen LogP contribution in [0, 0.1) is 13.8 Å². The van der Waals surface area contributed by atoms with E-state index in [4.69, 9.17) is 11.6 Å². The van der Waals surface area contributed by atoms with E-state index in [0.717, 1.165) is 15.7 Å². The minimum atomic E-state index is 0.713. The number of nitrogens with one attached hydrogen (secondary N) is 2. The van der Waals surface area contributed by atoms with Gasteiger partial charge in [0.05, 0.1) is 10.2 Å². The number of anilines is 1. The first-order valence-electron chi connectivity index (χ1n) is 6.73. The predicted molar refractivity (Wildman–Crippen MR) is 91.0 cm³/mol. The maximum absolute atomic E-state index is 5.87. The van der Waals surface area contributed by atoms with Crippen molar-refractivity contribution in [2.24, 2.45) is 0 Å². The molecule has 2 N–H and O–H groups in total. The highest BCUT2D eigenvalue weighted by molar-refractivity contribution is 7.22. The van der Waals surface area contributed by atoms with Crippen molar-refractivity contribution in [2.45, 2.75) is 20.4 Å². The second-order valence-electron chi connectivity index (χ2n) is 5.00.